The van der Waals surface area contributed by atoms with Gasteiger partial charge in [-0.1, -0.05) is 25.2 Å². The molecule has 0 spiro atoms. The van der Waals surface area contributed by atoms with Crippen LogP contribution in [0.3, 0.4) is 0 Å². The Kier molecular flexibility index (Phi) is 2.76. The van der Waals surface area contributed by atoms with E-state index in [0.717, 1.165) is 6.92 Å². The first-order chi connectivity index (χ1) is 6.27. The molecule has 0 fully saturated rings. The van der Waals surface area contributed by atoms with Gasteiger partial charge in [-0.25, -0.2) is 0 Å². The topological polar surface area (TPSA) is 20.2 Å². The lowest BCUT2D eigenvalue weighted by atomic mass is 9.81. The molecule has 2 atom stereocenters. The molecule has 0 aliphatic heterocycles. The molecule has 0 saturated carbocycles. The van der Waals surface area contributed by atoms with Gasteiger partial charge in [0.15, 0.2) is 5.60 Å². The van der Waals surface area contributed by atoms with E-state index in [0.29, 0.717) is 6.42 Å². The summed E-state index contributed by atoms with van der Waals surface area (Å²) in [6, 6.07) is 0. The van der Waals surface area contributed by atoms with Crippen LogP contribution in [0.25, 0.3) is 0 Å². The average Bonchev–Trinajstić information content (AvgIpc) is 2.02. The quantitative estimate of drug-likeness (QED) is 0.699. The standard InChI is InChI=1S/C10H13F3O/c1-7-5-3-4-6-8(7)9(2,14)10(11,12)13/h3-4,6-7,14H,5H2,1-2H3. The van der Waals surface area contributed by atoms with Gasteiger partial charge in [0.05, 0.1) is 0 Å². The van der Waals surface area contributed by atoms with Crippen molar-refractivity contribution in [2.45, 2.75) is 32.0 Å². The molecule has 1 aliphatic rings. The number of hydrogen-bond donors (Lipinski definition) is 1. The zero-order valence-corrected chi connectivity index (χ0v) is 8.10. The normalized spacial score (nSPS) is 27.0. The summed E-state index contributed by atoms with van der Waals surface area (Å²) in [5.41, 5.74) is -2.68. The molecule has 2 unspecified atom stereocenters. The molecular formula is C10H13F3O. The maximum absolute atomic E-state index is 12.5. The molecule has 14 heavy (non-hydrogen) atoms. The molecule has 1 nitrogen and oxygen atoms in total. The van der Waals surface area contributed by atoms with Gasteiger partial charge in [-0.15, -0.1) is 0 Å². The first kappa shape index (κ1) is 11.3. The Balaban J connectivity index is 3.03. The predicted molar refractivity (Wildman–Crippen MR) is 47.7 cm³/mol. The second-order valence-electron chi connectivity index (χ2n) is 3.76. The molecule has 0 aromatic heterocycles. The molecule has 0 radical (unpaired) electrons. The Morgan fingerprint density at radius 3 is 2.43 bits per heavy atom. The van der Waals surface area contributed by atoms with Crippen molar-refractivity contribution in [2.24, 2.45) is 5.92 Å². The van der Waals surface area contributed by atoms with E-state index in [1.165, 1.54) is 6.08 Å². The van der Waals surface area contributed by atoms with Crippen LogP contribution in [0, 0.1) is 5.92 Å². The van der Waals surface area contributed by atoms with Gasteiger partial charge in [0.2, 0.25) is 0 Å². The van der Waals surface area contributed by atoms with Gasteiger partial charge >= 0.3 is 6.18 Å². The summed E-state index contributed by atoms with van der Waals surface area (Å²) >= 11 is 0. The zero-order chi connectivity index (χ0) is 11.0. The van der Waals surface area contributed by atoms with Crippen LogP contribution < -0.4 is 0 Å². The van der Waals surface area contributed by atoms with Crippen LogP contribution >= 0.6 is 0 Å². The Bertz CT molecular complexity index is 274. The van der Waals surface area contributed by atoms with Crippen LogP contribution in [0.4, 0.5) is 13.2 Å². The van der Waals surface area contributed by atoms with E-state index in [4.69, 9.17) is 0 Å². The van der Waals surface area contributed by atoms with Crippen LogP contribution in [-0.4, -0.2) is 16.9 Å². The van der Waals surface area contributed by atoms with Gasteiger partial charge in [-0.05, 0) is 24.8 Å². The lowest BCUT2D eigenvalue weighted by Gasteiger charge is -2.33. The van der Waals surface area contributed by atoms with Gasteiger partial charge in [0, 0.05) is 0 Å². The lowest BCUT2D eigenvalue weighted by Crippen LogP contribution is -2.45. The number of hydrogen-bond acceptors (Lipinski definition) is 1. The lowest BCUT2D eigenvalue weighted by molar-refractivity contribution is -0.239. The van der Waals surface area contributed by atoms with Crippen LogP contribution in [0.2, 0.25) is 0 Å². The summed E-state index contributed by atoms with van der Waals surface area (Å²) in [7, 11) is 0. The Labute approximate surface area is 80.9 Å². The van der Waals surface area contributed by atoms with Gasteiger partial charge in [-0.2, -0.15) is 13.2 Å². The monoisotopic (exact) mass is 206 g/mol. The van der Waals surface area contributed by atoms with E-state index in [1.54, 1.807) is 19.1 Å². The van der Waals surface area contributed by atoms with Gasteiger partial charge in [-0.3, -0.25) is 0 Å². The highest BCUT2D eigenvalue weighted by Crippen LogP contribution is 2.40. The van der Waals surface area contributed by atoms with Crippen molar-refractivity contribution >= 4 is 0 Å². The highest BCUT2D eigenvalue weighted by Gasteiger charge is 2.53. The molecule has 0 aromatic rings. The molecule has 0 bridgehead atoms. The van der Waals surface area contributed by atoms with Crippen molar-refractivity contribution in [3.8, 4) is 0 Å². The Hall–Kier alpha value is -0.770. The smallest absolute Gasteiger partial charge is 0.377 e. The van der Waals surface area contributed by atoms with Gasteiger partial charge < -0.3 is 5.11 Å². The summed E-state index contributed by atoms with van der Waals surface area (Å²) in [5, 5.41) is 9.42. The van der Waals surface area contributed by atoms with Crippen LogP contribution in [-0.2, 0) is 0 Å². The highest BCUT2D eigenvalue weighted by atomic mass is 19.4. The fourth-order valence-corrected chi connectivity index (χ4v) is 1.55. The SMILES string of the molecule is CC1CC=CC=C1C(C)(O)C(F)(F)F. The fourth-order valence-electron chi connectivity index (χ4n) is 1.55. The number of rotatable bonds is 1. The van der Waals surface area contributed by atoms with Crippen molar-refractivity contribution < 1.29 is 18.3 Å². The summed E-state index contributed by atoms with van der Waals surface area (Å²) in [6.07, 6.45) is 0.619. The largest absolute Gasteiger partial charge is 0.420 e. The van der Waals surface area contributed by atoms with Crippen LogP contribution in [0.1, 0.15) is 20.3 Å². The fraction of sp³-hybridized carbons (Fsp3) is 0.600. The minimum Gasteiger partial charge on any atom is -0.377 e. The molecule has 4 heteroatoms. The second kappa shape index (κ2) is 3.42. The van der Waals surface area contributed by atoms with Gasteiger partial charge in [0.25, 0.3) is 0 Å². The summed E-state index contributed by atoms with van der Waals surface area (Å²) in [5.74, 6) is -0.267. The van der Waals surface area contributed by atoms with E-state index in [9.17, 15) is 18.3 Å². The predicted octanol–water partition coefficient (Wildman–Crippen LogP) is 2.82. The first-order valence-electron chi connectivity index (χ1n) is 4.43. The second-order valence-corrected chi connectivity index (χ2v) is 3.76. The molecule has 1 rings (SSSR count). The maximum Gasteiger partial charge on any atom is 0.420 e. The average molecular weight is 206 g/mol. The zero-order valence-electron chi connectivity index (χ0n) is 8.10. The van der Waals surface area contributed by atoms with E-state index >= 15 is 0 Å². The summed E-state index contributed by atoms with van der Waals surface area (Å²) in [6.45, 7) is 2.48. The van der Waals surface area contributed by atoms with Crippen LogP contribution in [0.5, 0.6) is 0 Å². The molecule has 1 N–H and O–H groups in total. The summed E-state index contributed by atoms with van der Waals surface area (Å²) < 4.78 is 37.4. The number of alkyl halides is 3. The maximum atomic E-state index is 12.5. The van der Waals surface area contributed by atoms with Gasteiger partial charge in [0.1, 0.15) is 0 Å². The van der Waals surface area contributed by atoms with Crippen molar-refractivity contribution in [2.75, 3.05) is 0 Å². The highest BCUT2D eigenvalue weighted by molar-refractivity contribution is 5.29. The molecule has 0 amide bonds. The third-order valence-electron chi connectivity index (χ3n) is 2.55. The summed E-state index contributed by atoms with van der Waals surface area (Å²) in [4.78, 5) is 0. The Morgan fingerprint density at radius 2 is 2.00 bits per heavy atom. The minimum atomic E-state index is -4.61. The van der Waals surface area contributed by atoms with E-state index in [1.807, 2.05) is 0 Å². The molecule has 0 heterocycles. The molecular weight excluding hydrogens is 193 g/mol. The number of allylic oxidation sites excluding steroid dienone is 3. The molecule has 0 aromatic carbocycles. The van der Waals surface area contributed by atoms with E-state index < -0.39 is 11.8 Å². The Morgan fingerprint density at radius 1 is 1.43 bits per heavy atom. The third kappa shape index (κ3) is 1.85. The molecule has 80 valence electrons. The van der Waals surface area contributed by atoms with E-state index in [2.05, 4.69) is 0 Å². The molecule has 1 aliphatic carbocycles. The van der Waals surface area contributed by atoms with E-state index in [-0.39, 0.29) is 11.5 Å². The number of halogens is 3. The van der Waals surface area contributed by atoms with Crippen LogP contribution in [0.15, 0.2) is 23.8 Å². The van der Waals surface area contributed by atoms with Crippen molar-refractivity contribution in [3.05, 3.63) is 23.8 Å². The number of aliphatic hydroxyl groups is 1. The first-order valence-corrected chi connectivity index (χ1v) is 4.43. The molecule has 0 saturated heterocycles. The van der Waals surface area contributed by atoms with Crippen molar-refractivity contribution in [3.63, 3.8) is 0 Å². The van der Waals surface area contributed by atoms with Crippen molar-refractivity contribution in [1.29, 1.82) is 0 Å². The third-order valence-corrected chi connectivity index (χ3v) is 2.55. The minimum absolute atomic E-state index is 0.0347. The van der Waals surface area contributed by atoms with Crippen molar-refractivity contribution in [1.82, 2.24) is 0 Å².